The van der Waals surface area contributed by atoms with E-state index in [1.54, 1.807) is 38.5 Å². The highest BCUT2D eigenvalue weighted by molar-refractivity contribution is 5.23. The van der Waals surface area contributed by atoms with Crippen LogP contribution in [0.5, 0.6) is 0 Å². The van der Waals surface area contributed by atoms with E-state index in [1.165, 1.54) is 12.3 Å². The molecule has 0 radical (unpaired) electrons. The number of hydrogen-bond donors (Lipinski definition) is 0. The van der Waals surface area contributed by atoms with Gasteiger partial charge >= 0.3 is 0 Å². The van der Waals surface area contributed by atoms with Gasteiger partial charge in [-0.25, -0.2) is 0 Å². The number of rotatable bonds is 1. The van der Waals surface area contributed by atoms with E-state index in [-0.39, 0.29) is 0 Å². The van der Waals surface area contributed by atoms with Crippen molar-refractivity contribution in [2.24, 2.45) is 40.9 Å². The van der Waals surface area contributed by atoms with Crippen LogP contribution in [0.3, 0.4) is 0 Å². The van der Waals surface area contributed by atoms with Crippen LogP contribution in [0, 0.1) is 40.9 Å². The van der Waals surface area contributed by atoms with Gasteiger partial charge in [-0.3, -0.25) is 0 Å². The summed E-state index contributed by atoms with van der Waals surface area (Å²) in [6.45, 7) is 5.02. The third-order valence-corrected chi connectivity index (χ3v) is 7.29. The zero-order valence-electron chi connectivity index (χ0n) is 10.9. The SMILES string of the molecule is CCC1CC2C(C)C23CC2CCCCC2C13. The summed E-state index contributed by atoms with van der Waals surface area (Å²) in [4.78, 5) is 0. The van der Waals surface area contributed by atoms with Crippen molar-refractivity contribution >= 4 is 0 Å². The average molecular weight is 218 g/mol. The van der Waals surface area contributed by atoms with E-state index in [2.05, 4.69) is 13.8 Å². The van der Waals surface area contributed by atoms with Gasteiger partial charge < -0.3 is 0 Å². The minimum Gasteiger partial charge on any atom is -0.0651 e. The van der Waals surface area contributed by atoms with Crippen molar-refractivity contribution in [3.63, 3.8) is 0 Å². The second kappa shape index (κ2) is 3.06. The third-order valence-electron chi connectivity index (χ3n) is 7.29. The second-order valence-electron chi connectivity index (χ2n) is 7.35. The van der Waals surface area contributed by atoms with Crippen molar-refractivity contribution in [3.05, 3.63) is 0 Å². The molecule has 16 heavy (non-hydrogen) atoms. The van der Waals surface area contributed by atoms with Gasteiger partial charge in [-0.1, -0.05) is 39.5 Å². The maximum absolute atomic E-state index is 2.57. The number of fused-ring (bicyclic) bond motifs is 2. The van der Waals surface area contributed by atoms with Crippen LogP contribution in [0.2, 0.25) is 0 Å². The molecule has 0 N–H and O–H groups in total. The van der Waals surface area contributed by atoms with Gasteiger partial charge in [0.15, 0.2) is 0 Å². The normalized spacial score (nSPS) is 62.6. The van der Waals surface area contributed by atoms with Gasteiger partial charge in [-0.2, -0.15) is 0 Å². The van der Waals surface area contributed by atoms with Crippen LogP contribution in [0.15, 0.2) is 0 Å². The summed E-state index contributed by atoms with van der Waals surface area (Å²) in [6.07, 6.45) is 11.0. The van der Waals surface area contributed by atoms with E-state index in [1.807, 2.05) is 0 Å². The van der Waals surface area contributed by atoms with Crippen molar-refractivity contribution in [1.29, 1.82) is 0 Å². The predicted molar refractivity (Wildman–Crippen MR) is 67.0 cm³/mol. The summed E-state index contributed by atoms with van der Waals surface area (Å²) < 4.78 is 0. The van der Waals surface area contributed by atoms with Gasteiger partial charge in [0.25, 0.3) is 0 Å². The van der Waals surface area contributed by atoms with Gasteiger partial charge in [0.1, 0.15) is 0 Å². The highest BCUT2D eigenvalue weighted by Crippen LogP contribution is 2.81. The number of hydrogen-bond acceptors (Lipinski definition) is 0. The summed E-state index contributed by atoms with van der Waals surface area (Å²) in [7, 11) is 0. The van der Waals surface area contributed by atoms with Gasteiger partial charge in [0, 0.05) is 0 Å². The first kappa shape index (κ1) is 9.97. The summed E-state index contributed by atoms with van der Waals surface area (Å²) in [6, 6.07) is 0. The molecular weight excluding hydrogens is 192 g/mol. The van der Waals surface area contributed by atoms with Crippen molar-refractivity contribution in [2.75, 3.05) is 0 Å². The van der Waals surface area contributed by atoms with Gasteiger partial charge in [0.05, 0.1) is 0 Å². The molecule has 4 aliphatic rings. The maximum atomic E-state index is 2.57. The second-order valence-corrected chi connectivity index (χ2v) is 7.35. The minimum atomic E-state index is 0.889. The van der Waals surface area contributed by atoms with E-state index in [0.717, 1.165) is 35.0 Å². The molecular formula is C16H26. The van der Waals surface area contributed by atoms with E-state index in [4.69, 9.17) is 0 Å². The molecule has 0 bridgehead atoms. The molecule has 4 fully saturated rings. The molecule has 0 nitrogen and oxygen atoms in total. The van der Waals surface area contributed by atoms with Crippen LogP contribution in [-0.4, -0.2) is 0 Å². The first-order chi connectivity index (χ1) is 7.79. The Morgan fingerprint density at radius 2 is 2.00 bits per heavy atom. The van der Waals surface area contributed by atoms with Crippen LogP contribution in [0.25, 0.3) is 0 Å². The van der Waals surface area contributed by atoms with Gasteiger partial charge in [-0.15, -0.1) is 0 Å². The zero-order valence-corrected chi connectivity index (χ0v) is 10.9. The highest BCUT2D eigenvalue weighted by atomic mass is 14.8. The quantitative estimate of drug-likeness (QED) is 0.608. The molecule has 1 spiro atoms. The molecule has 0 amide bonds. The van der Waals surface area contributed by atoms with Crippen LogP contribution < -0.4 is 0 Å². The monoisotopic (exact) mass is 218 g/mol. The van der Waals surface area contributed by atoms with Crippen LogP contribution in [0.1, 0.15) is 58.8 Å². The van der Waals surface area contributed by atoms with Gasteiger partial charge in [-0.05, 0) is 60.2 Å². The largest absolute Gasteiger partial charge is 0.0651 e. The van der Waals surface area contributed by atoms with Crippen molar-refractivity contribution < 1.29 is 0 Å². The standard InChI is InChI=1S/C16H26/c1-3-11-8-14-10(2)16(14)9-12-6-4-5-7-13(12)15(11)16/h10-15H,3-9H2,1-2H3. The fraction of sp³-hybridized carbons (Fsp3) is 1.00. The third kappa shape index (κ3) is 0.946. The maximum Gasteiger partial charge on any atom is -0.0201 e. The molecule has 0 aromatic heterocycles. The highest BCUT2D eigenvalue weighted by Gasteiger charge is 2.75. The molecule has 0 heterocycles. The Labute approximate surface area is 100 Å². The van der Waals surface area contributed by atoms with E-state index >= 15 is 0 Å². The smallest absolute Gasteiger partial charge is 0.0201 e. The Balaban J connectivity index is 1.69. The van der Waals surface area contributed by atoms with E-state index in [9.17, 15) is 0 Å². The molecule has 90 valence electrons. The molecule has 7 atom stereocenters. The molecule has 4 rings (SSSR count). The van der Waals surface area contributed by atoms with Crippen LogP contribution in [-0.2, 0) is 0 Å². The Morgan fingerprint density at radius 3 is 2.81 bits per heavy atom. The lowest BCUT2D eigenvalue weighted by atomic mass is 9.72. The minimum absolute atomic E-state index is 0.889. The topological polar surface area (TPSA) is 0 Å². The zero-order chi connectivity index (χ0) is 10.9. The van der Waals surface area contributed by atoms with E-state index < -0.39 is 0 Å². The van der Waals surface area contributed by atoms with Crippen LogP contribution >= 0.6 is 0 Å². The van der Waals surface area contributed by atoms with Gasteiger partial charge in [0.2, 0.25) is 0 Å². The first-order valence-electron chi connectivity index (χ1n) is 7.79. The summed E-state index contributed by atoms with van der Waals surface area (Å²) in [5.74, 6) is 6.87. The molecule has 0 aromatic carbocycles. The predicted octanol–water partition coefficient (Wildman–Crippen LogP) is 4.49. The van der Waals surface area contributed by atoms with Crippen molar-refractivity contribution in [3.8, 4) is 0 Å². The summed E-state index contributed by atoms with van der Waals surface area (Å²) in [5.41, 5.74) is 0.889. The Hall–Kier alpha value is 0. The fourth-order valence-electron chi connectivity index (χ4n) is 6.70. The van der Waals surface area contributed by atoms with E-state index in [0.29, 0.717) is 0 Å². The summed E-state index contributed by atoms with van der Waals surface area (Å²) >= 11 is 0. The molecule has 4 saturated carbocycles. The lowest BCUT2D eigenvalue weighted by Crippen LogP contribution is -2.26. The fourth-order valence-corrected chi connectivity index (χ4v) is 6.70. The molecule has 0 aliphatic heterocycles. The van der Waals surface area contributed by atoms with Crippen molar-refractivity contribution in [1.82, 2.24) is 0 Å². The van der Waals surface area contributed by atoms with Crippen LogP contribution in [0.4, 0.5) is 0 Å². The average Bonchev–Trinajstić information content (AvgIpc) is 2.69. The molecule has 7 unspecified atom stereocenters. The molecule has 4 aliphatic carbocycles. The Bertz CT molecular complexity index is 307. The van der Waals surface area contributed by atoms with Crippen molar-refractivity contribution in [2.45, 2.75) is 58.8 Å². The molecule has 0 aromatic rings. The molecule has 0 heteroatoms. The Kier molecular flexibility index (Phi) is 1.91. The molecule has 0 saturated heterocycles. The first-order valence-corrected chi connectivity index (χ1v) is 7.79. The lowest BCUT2D eigenvalue weighted by Gasteiger charge is -2.33. The Morgan fingerprint density at radius 1 is 1.19 bits per heavy atom. The summed E-state index contributed by atoms with van der Waals surface area (Å²) in [5, 5.41) is 0. The lowest BCUT2D eigenvalue weighted by molar-refractivity contribution is 0.158.